The Morgan fingerprint density at radius 2 is 1.81 bits per heavy atom. The van der Waals surface area contributed by atoms with Crippen LogP contribution in [0.4, 0.5) is 0 Å². The summed E-state index contributed by atoms with van der Waals surface area (Å²) in [6.07, 6.45) is 3.29. The SMILES string of the molecule is CCCCc1c(O)ccc(C(C)(C)C)c1C. The second-order valence-electron chi connectivity index (χ2n) is 5.59. The number of phenolic OH excluding ortho intramolecular Hbond substituents is 1. The fourth-order valence-corrected chi connectivity index (χ4v) is 2.22. The Balaban J connectivity index is 3.16. The van der Waals surface area contributed by atoms with Crippen LogP contribution in [-0.4, -0.2) is 5.11 Å². The summed E-state index contributed by atoms with van der Waals surface area (Å²) in [6.45, 7) is 11.0. The first kappa shape index (κ1) is 13.1. The van der Waals surface area contributed by atoms with Crippen molar-refractivity contribution in [2.24, 2.45) is 0 Å². The van der Waals surface area contributed by atoms with Crippen molar-refractivity contribution in [3.63, 3.8) is 0 Å². The molecule has 0 heterocycles. The molecule has 0 aromatic heterocycles. The maximum atomic E-state index is 9.91. The first-order chi connectivity index (χ1) is 7.38. The van der Waals surface area contributed by atoms with E-state index in [4.69, 9.17) is 0 Å². The average Bonchev–Trinajstić information content (AvgIpc) is 2.15. The molecule has 0 saturated heterocycles. The summed E-state index contributed by atoms with van der Waals surface area (Å²) in [5.41, 5.74) is 3.89. The van der Waals surface area contributed by atoms with Gasteiger partial charge >= 0.3 is 0 Å². The number of phenols is 1. The van der Waals surface area contributed by atoms with Crippen molar-refractivity contribution in [1.82, 2.24) is 0 Å². The van der Waals surface area contributed by atoms with Crippen LogP contribution in [0.15, 0.2) is 12.1 Å². The molecule has 1 nitrogen and oxygen atoms in total. The molecule has 1 N–H and O–H groups in total. The number of benzene rings is 1. The standard InChI is InChI=1S/C15H24O/c1-6-7-8-12-11(2)13(15(3,4)5)9-10-14(12)16/h9-10,16H,6-8H2,1-5H3. The van der Waals surface area contributed by atoms with Gasteiger partial charge in [0, 0.05) is 0 Å². The summed E-state index contributed by atoms with van der Waals surface area (Å²) in [4.78, 5) is 0. The van der Waals surface area contributed by atoms with E-state index in [1.807, 2.05) is 6.07 Å². The van der Waals surface area contributed by atoms with Gasteiger partial charge in [0.05, 0.1) is 0 Å². The lowest BCUT2D eigenvalue weighted by Crippen LogP contribution is -2.14. The quantitative estimate of drug-likeness (QED) is 0.803. The lowest BCUT2D eigenvalue weighted by molar-refractivity contribution is 0.464. The molecule has 0 fully saturated rings. The summed E-state index contributed by atoms with van der Waals surface area (Å²) < 4.78 is 0. The zero-order chi connectivity index (χ0) is 12.3. The second kappa shape index (κ2) is 4.90. The van der Waals surface area contributed by atoms with Crippen molar-refractivity contribution in [3.8, 4) is 5.75 Å². The number of unbranched alkanes of at least 4 members (excludes halogenated alkanes) is 1. The maximum Gasteiger partial charge on any atom is 0.119 e. The summed E-state index contributed by atoms with van der Waals surface area (Å²) in [6, 6.07) is 3.90. The van der Waals surface area contributed by atoms with Gasteiger partial charge < -0.3 is 5.11 Å². The van der Waals surface area contributed by atoms with Crippen LogP contribution < -0.4 is 0 Å². The molecule has 0 bridgehead atoms. The highest BCUT2D eigenvalue weighted by molar-refractivity contribution is 5.46. The highest BCUT2D eigenvalue weighted by atomic mass is 16.3. The topological polar surface area (TPSA) is 20.2 Å². The van der Waals surface area contributed by atoms with Gasteiger partial charge in [-0.15, -0.1) is 0 Å². The highest BCUT2D eigenvalue weighted by Crippen LogP contribution is 2.32. The summed E-state index contributed by atoms with van der Waals surface area (Å²) in [5, 5.41) is 9.91. The van der Waals surface area contributed by atoms with Gasteiger partial charge in [-0.05, 0) is 47.9 Å². The molecular formula is C15H24O. The van der Waals surface area contributed by atoms with E-state index in [0.717, 1.165) is 18.4 Å². The molecular weight excluding hydrogens is 196 g/mol. The first-order valence-electron chi connectivity index (χ1n) is 6.19. The monoisotopic (exact) mass is 220 g/mol. The number of hydrogen-bond acceptors (Lipinski definition) is 1. The average molecular weight is 220 g/mol. The van der Waals surface area contributed by atoms with Gasteiger partial charge in [-0.25, -0.2) is 0 Å². The Kier molecular flexibility index (Phi) is 4.01. The zero-order valence-electron chi connectivity index (χ0n) is 11.2. The number of rotatable bonds is 3. The Hall–Kier alpha value is -0.980. The third kappa shape index (κ3) is 2.78. The minimum atomic E-state index is 0.152. The molecule has 0 spiro atoms. The van der Waals surface area contributed by atoms with Crippen molar-refractivity contribution in [1.29, 1.82) is 0 Å². The summed E-state index contributed by atoms with van der Waals surface area (Å²) in [5.74, 6) is 0.457. The second-order valence-corrected chi connectivity index (χ2v) is 5.59. The van der Waals surface area contributed by atoms with Crippen molar-refractivity contribution in [3.05, 3.63) is 28.8 Å². The first-order valence-corrected chi connectivity index (χ1v) is 6.19. The van der Waals surface area contributed by atoms with Crippen molar-refractivity contribution in [2.75, 3.05) is 0 Å². The lowest BCUT2D eigenvalue weighted by atomic mass is 9.81. The molecule has 1 rings (SSSR count). The van der Waals surface area contributed by atoms with Gasteiger partial charge in [-0.2, -0.15) is 0 Å². The van der Waals surface area contributed by atoms with Gasteiger partial charge in [-0.1, -0.05) is 40.2 Å². The Labute approximate surface area is 99.5 Å². The fourth-order valence-electron chi connectivity index (χ4n) is 2.22. The number of aromatic hydroxyl groups is 1. The molecule has 1 aromatic carbocycles. The van der Waals surface area contributed by atoms with Crippen LogP contribution in [0.5, 0.6) is 5.75 Å². The van der Waals surface area contributed by atoms with E-state index in [1.165, 1.54) is 17.5 Å². The summed E-state index contributed by atoms with van der Waals surface area (Å²) >= 11 is 0. The summed E-state index contributed by atoms with van der Waals surface area (Å²) in [7, 11) is 0. The van der Waals surface area contributed by atoms with E-state index in [0.29, 0.717) is 5.75 Å². The van der Waals surface area contributed by atoms with Gasteiger partial charge in [0.15, 0.2) is 0 Å². The molecule has 0 aliphatic carbocycles. The van der Waals surface area contributed by atoms with Gasteiger partial charge in [0.1, 0.15) is 5.75 Å². The Morgan fingerprint density at radius 3 is 2.31 bits per heavy atom. The molecule has 90 valence electrons. The van der Waals surface area contributed by atoms with Crippen LogP contribution in [0, 0.1) is 6.92 Å². The van der Waals surface area contributed by atoms with E-state index >= 15 is 0 Å². The third-order valence-corrected chi connectivity index (χ3v) is 3.16. The molecule has 1 aromatic rings. The highest BCUT2D eigenvalue weighted by Gasteiger charge is 2.19. The largest absolute Gasteiger partial charge is 0.508 e. The third-order valence-electron chi connectivity index (χ3n) is 3.16. The molecule has 1 heteroatoms. The molecule has 0 saturated carbocycles. The van der Waals surface area contributed by atoms with Crippen LogP contribution in [-0.2, 0) is 11.8 Å². The van der Waals surface area contributed by atoms with E-state index in [2.05, 4.69) is 40.7 Å². The van der Waals surface area contributed by atoms with Crippen molar-refractivity contribution < 1.29 is 5.11 Å². The van der Waals surface area contributed by atoms with E-state index < -0.39 is 0 Å². The van der Waals surface area contributed by atoms with Gasteiger partial charge in [-0.3, -0.25) is 0 Å². The molecule has 0 atom stereocenters. The molecule has 0 aliphatic rings. The van der Waals surface area contributed by atoms with Crippen LogP contribution in [0.3, 0.4) is 0 Å². The predicted molar refractivity (Wildman–Crippen MR) is 70.2 cm³/mol. The molecule has 0 radical (unpaired) electrons. The van der Waals surface area contributed by atoms with E-state index in [1.54, 1.807) is 0 Å². The zero-order valence-corrected chi connectivity index (χ0v) is 11.2. The van der Waals surface area contributed by atoms with Crippen LogP contribution in [0.25, 0.3) is 0 Å². The minimum Gasteiger partial charge on any atom is -0.508 e. The van der Waals surface area contributed by atoms with Crippen molar-refractivity contribution >= 4 is 0 Å². The maximum absolute atomic E-state index is 9.91. The minimum absolute atomic E-state index is 0.152. The van der Waals surface area contributed by atoms with Gasteiger partial charge in [0.25, 0.3) is 0 Å². The lowest BCUT2D eigenvalue weighted by Gasteiger charge is -2.24. The molecule has 0 unspecified atom stereocenters. The van der Waals surface area contributed by atoms with Crippen LogP contribution >= 0.6 is 0 Å². The van der Waals surface area contributed by atoms with Gasteiger partial charge in [0.2, 0.25) is 0 Å². The molecule has 0 amide bonds. The molecule has 16 heavy (non-hydrogen) atoms. The van der Waals surface area contributed by atoms with Crippen molar-refractivity contribution in [2.45, 2.75) is 59.3 Å². The molecule has 0 aliphatic heterocycles. The Bertz CT molecular complexity index is 358. The van der Waals surface area contributed by atoms with E-state index in [9.17, 15) is 5.11 Å². The number of hydrogen-bond donors (Lipinski definition) is 1. The normalized spacial score (nSPS) is 11.8. The fraction of sp³-hybridized carbons (Fsp3) is 0.600. The van der Waals surface area contributed by atoms with Crippen LogP contribution in [0.1, 0.15) is 57.2 Å². The Morgan fingerprint density at radius 1 is 1.19 bits per heavy atom. The van der Waals surface area contributed by atoms with Crippen LogP contribution in [0.2, 0.25) is 0 Å². The predicted octanol–water partition coefficient (Wildman–Crippen LogP) is 4.34. The van der Waals surface area contributed by atoms with E-state index in [-0.39, 0.29) is 5.41 Å². The smallest absolute Gasteiger partial charge is 0.119 e.